The molecule has 1 aromatic heterocycles. The van der Waals surface area contributed by atoms with Crippen LogP contribution >= 0.6 is 33.9 Å². The van der Waals surface area contributed by atoms with Gasteiger partial charge >= 0.3 is 0 Å². The van der Waals surface area contributed by atoms with E-state index in [2.05, 4.69) is 40.6 Å². The van der Waals surface area contributed by atoms with Gasteiger partial charge in [0.2, 0.25) is 0 Å². The molecule has 1 heterocycles. The predicted molar refractivity (Wildman–Crippen MR) is 71.8 cm³/mol. The molecule has 78 valence electrons. The second-order valence-electron chi connectivity index (χ2n) is 2.25. The third kappa shape index (κ3) is 7.97. The molecule has 0 fully saturated rings. The second kappa shape index (κ2) is 9.49. The summed E-state index contributed by atoms with van der Waals surface area (Å²) in [6, 6.07) is 12.8. The van der Waals surface area contributed by atoms with Crippen LogP contribution < -0.4 is 0 Å². The summed E-state index contributed by atoms with van der Waals surface area (Å²) in [6.45, 7) is 3.50. The van der Waals surface area contributed by atoms with Gasteiger partial charge in [0, 0.05) is 6.57 Å². The summed E-state index contributed by atoms with van der Waals surface area (Å²) in [4.78, 5) is 0. The third-order valence-electron chi connectivity index (χ3n) is 1.24. The SMILES string of the molecule is C#N.Ic1cccs1.Oc1ccccc1. The van der Waals surface area contributed by atoms with Crippen LogP contribution in [0.1, 0.15) is 0 Å². The standard InChI is InChI=1S/C6H6O.C4H3IS.CHN/c7-6-4-2-1-3-5-6;5-4-2-1-3-6-4;1-2/h1-5,7H;1-3H;1H. The van der Waals surface area contributed by atoms with E-state index in [-0.39, 0.29) is 0 Å². The molecule has 0 unspecified atom stereocenters. The van der Waals surface area contributed by atoms with Crippen LogP contribution in [0.4, 0.5) is 0 Å². The summed E-state index contributed by atoms with van der Waals surface area (Å²) in [5, 5.41) is 17.2. The first-order chi connectivity index (χ1) is 7.29. The van der Waals surface area contributed by atoms with E-state index in [1.165, 1.54) is 2.88 Å². The van der Waals surface area contributed by atoms with Gasteiger partial charge in [-0.2, -0.15) is 0 Å². The van der Waals surface area contributed by atoms with Gasteiger partial charge in [0.1, 0.15) is 5.75 Å². The molecule has 0 amide bonds. The number of rotatable bonds is 0. The Morgan fingerprint density at radius 2 is 1.67 bits per heavy atom. The quantitative estimate of drug-likeness (QED) is 0.745. The summed E-state index contributed by atoms with van der Waals surface area (Å²) in [6.07, 6.45) is 0. The minimum absolute atomic E-state index is 0.322. The largest absolute Gasteiger partial charge is 0.508 e. The fraction of sp³-hybridized carbons (Fsp3) is 0. The Bertz CT molecular complexity index is 359. The van der Waals surface area contributed by atoms with Crippen LogP contribution in [0.15, 0.2) is 47.8 Å². The molecule has 4 heteroatoms. The van der Waals surface area contributed by atoms with E-state index >= 15 is 0 Å². The number of halogens is 1. The minimum atomic E-state index is 0.322. The summed E-state index contributed by atoms with van der Waals surface area (Å²) < 4.78 is 1.35. The molecular weight excluding hydrogens is 321 g/mol. The van der Waals surface area contributed by atoms with Crippen LogP contribution in [0.5, 0.6) is 5.75 Å². The summed E-state index contributed by atoms with van der Waals surface area (Å²) in [7, 11) is 0. The highest BCUT2D eigenvalue weighted by Crippen LogP contribution is 2.09. The lowest BCUT2D eigenvalue weighted by Crippen LogP contribution is -1.56. The Kier molecular flexibility index (Phi) is 8.82. The summed E-state index contributed by atoms with van der Waals surface area (Å²) in [5.74, 6) is 0.322. The number of phenols is 1. The van der Waals surface area contributed by atoms with E-state index in [0.29, 0.717) is 5.75 Å². The van der Waals surface area contributed by atoms with E-state index in [0.717, 1.165) is 0 Å². The highest BCUT2D eigenvalue weighted by atomic mass is 127. The average molecular weight is 331 g/mol. The first-order valence-corrected chi connectivity index (χ1v) is 5.94. The molecule has 2 nitrogen and oxygen atoms in total. The van der Waals surface area contributed by atoms with Crippen molar-refractivity contribution in [2.24, 2.45) is 0 Å². The van der Waals surface area contributed by atoms with Crippen molar-refractivity contribution in [2.45, 2.75) is 0 Å². The van der Waals surface area contributed by atoms with Crippen molar-refractivity contribution >= 4 is 33.9 Å². The molecule has 0 atom stereocenters. The normalized spacial score (nSPS) is 7.67. The Hall–Kier alpha value is -1.06. The number of aromatic hydroxyl groups is 1. The van der Waals surface area contributed by atoms with Crippen LogP contribution in [-0.2, 0) is 0 Å². The Labute approximate surface area is 107 Å². The maximum absolute atomic E-state index is 8.63. The highest BCUT2D eigenvalue weighted by molar-refractivity contribution is 14.1. The molecular formula is C11H10INOS. The number of hydrogen-bond acceptors (Lipinski definition) is 3. The molecule has 0 saturated carbocycles. The zero-order valence-corrected chi connectivity index (χ0v) is 10.9. The van der Waals surface area contributed by atoms with Gasteiger partial charge in [0.15, 0.2) is 0 Å². The lowest BCUT2D eigenvalue weighted by molar-refractivity contribution is 0.475. The van der Waals surface area contributed by atoms with Gasteiger partial charge in [0.25, 0.3) is 0 Å². The first kappa shape index (κ1) is 13.9. The number of phenolic OH excluding ortho intramolecular Hbond substituents is 1. The monoisotopic (exact) mass is 331 g/mol. The van der Waals surface area contributed by atoms with Crippen LogP contribution in [0.3, 0.4) is 0 Å². The van der Waals surface area contributed by atoms with Gasteiger partial charge in [-0.05, 0) is 46.2 Å². The van der Waals surface area contributed by atoms with E-state index in [4.69, 9.17) is 10.4 Å². The van der Waals surface area contributed by atoms with E-state index < -0.39 is 0 Å². The van der Waals surface area contributed by atoms with Crippen molar-refractivity contribution in [3.63, 3.8) is 0 Å². The minimum Gasteiger partial charge on any atom is -0.508 e. The maximum atomic E-state index is 8.63. The topological polar surface area (TPSA) is 44.0 Å². The van der Waals surface area contributed by atoms with Crippen LogP contribution in [0, 0.1) is 14.7 Å². The van der Waals surface area contributed by atoms with Crippen LogP contribution in [-0.4, -0.2) is 5.11 Å². The number of thiophene rings is 1. The van der Waals surface area contributed by atoms with Gasteiger partial charge in [-0.25, -0.2) is 5.26 Å². The summed E-state index contributed by atoms with van der Waals surface area (Å²) in [5.41, 5.74) is 0. The van der Waals surface area contributed by atoms with Gasteiger partial charge in [-0.3, -0.25) is 0 Å². The fourth-order valence-corrected chi connectivity index (χ4v) is 1.78. The Balaban J connectivity index is 0.000000227. The first-order valence-electron chi connectivity index (χ1n) is 3.98. The van der Waals surface area contributed by atoms with E-state index in [1.54, 1.807) is 35.6 Å². The molecule has 0 aliphatic carbocycles. The molecule has 15 heavy (non-hydrogen) atoms. The molecule has 1 aromatic carbocycles. The molecule has 2 aromatic rings. The fourth-order valence-electron chi connectivity index (χ4n) is 0.686. The summed E-state index contributed by atoms with van der Waals surface area (Å²) >= 11 is 4.06. The molecule has 0 spiro atoms. The van der Waals surface area contributed by atoms with Gasteiger partial charge < -0.3 is 5.11 Å². The molecule has 0 aliphatic rings. The van der Waals surface area contributed by atoms with Gasteiger partial charge in [-0.15, -0.1) is 11.3 Å². The molecule has 0 aliphatic heterocycles. The number of benzene rings is 1. The smallest absolute Gasteiger partial charge is 0.115 e. The molecule has 1 N–H and O–H groups in total. The van der Waals surface area contributed by atoms with Crippen molar-refractivity contribution in [3.8, 4) is 12.3 Å². The maximum Gasteiger partial charge on any atom is 0.115 e. The van der Waals surface area contributed by atoms with E-state index in [1.807, 2.05) is 12.1 Å². The van der Waals surface area contributed by atoms with Crippen molar-refractivity contribution in [1.29, 1.82) is 5.26 Å². The molecule has 2 rings (SSSR count). The van der Waals surface area contributed by atoms with Gasteiger partial charge in [0.05, 0.1) is 2.88 Å². The number of hydrogen-bond donors (Lipinski definition) is 1. The molecule has 0 bridgehead atoms. The molecule has 0 radical (unpaired) electrons. The lowest BCUT2D eigenvalue weighted by Gasteiger charge is -1.82. The highest BCUT2D eigenvalue weighted by Gasteiger charge is 1.77. The number of nitriles is 1. The van der Waals surface area contributed by atoms with Gasteiger partial charge in [-0.1, -0.05) is 24.3 Å². The Morgan fingerprint density at radius 1 is 1.07 bits per heavy atom. The zero-order valence-electron chi connectivity index (χ0n) is 7.88. The van der Waals surface area contributed by atoms with Crippen molar-refractivity contribution in [2.75, 3.05) is 0 Å². The van der Waals surface area contributed by atoms with Crippen molar-refractivity contribution < 1.29 is 5.11 Å². The lowest BCUT2D eigenvalue weighted by atomic mass is 10.3. The number of para-hydroxylation sites is 1. The molecule has 0 saturated heterocycles. The Morgan fingerprint density at radius 3 is 1.87 bits per heavy atom. The zero-order chi connectivity index (χ0) is 11.5. The second-order valence-corrected chi connectivity index (χ2v) is 5.09. The van der Waals surface area contributed by atoms with E-state index in [9.17, 15) is 0 Å². The third-order valence-corrected chi connectivity index (χ3v) is 3.02. The number of nitrogens with zero attached hydrogens (tertiary/aromatic N) is 1. The van der Waals surface area contributed by atoms with Crippen molar-refractivity contribution in [1.82, 2.24) is 0 Å². The van der Waals surface area contributed by atoms with Crippen molar-refractivity contribution in [3.05, 3.63) is 50.7 Å². The van der Waals surface area contributed by atoms with Crippen LogP contribution in [0.2, 0.25) is 0 Å². The van der Waals surface area contributed by atoms with Crippen LogP contribution in [0.25, 0.3) is 0 Å². The predicted octanol–water partition coefficient (Wildman–Crippen LogP) is 3.88. The average Bonchev–Trinajstić information content (AvgIpc) is 2.74.